The number of fused-ring (bicyclic) bond motifs is 3. The lowest BCUT2D eigenvalue weighted by Gasteiger charge is -2.19. The largest absolute Gasteiger partial charge is 0.416 e. The first kappa shape index (κ1) is 46.9. The van der Waals surface area contributed by atoms with E-state index in [1.54, 1.807) is 0 Å². The quantitative estimate of drug-likeness (QED) is 0.0417. The number of nitrogens with zero attached hydrogens (tertiary/aromatic N) is 2. The molecule has 68 heavy (non-hydrogen) atoms. The van der Waals surface area contributed by atoms with Crippen LogP contribution in [0.3, 0.4) is 0 Å². The van der Waals surface area contributed by atoms with Crippen LogP contribution in [0.2, 0.25) is 0 Å². The van der Waals surface area contributed by atoms with Gasteiger partial charge in [0.15, 0.2) is 0 Å². The molecule has 0 saturated heterocycles. The minimum absolute atomic E-state index is 0.595. The first-order valence-corrected chi connectivity index (χ1v) is 25.9. The van der Waals surface area contributed by atoms with E-state index in [1.807, 2.05) is 48.5 Å². The standard InChI is InChI=1S/C58H48F6N2P2/c59-57(60,61)43-31-27-41(28-32-43)53-39-45(17-13-15-37-67(47-19-5-1-6-20-47)48-21-7-2-8-22-48)65-55-51(53)35-36-52-54(42-29-33-44(34-30-42)58(62,63)64)40-46(66-56(52)55)18-14-16-38-68(49-23-9-3-10-24-49)50-25-11-4-12-26-50/h1-12,19-36,39-40H,13-18,37-38H2. The second-order valence-electron chi connectivity index (χ2n) is 16.9. The molecule has 2 nitrogen and oxygen atoms in total. The number of hydrogen-bond acceptors (Lipinski definition) is 2. The van der Waals surface area contributed by atoms with Crippen molar-refractivity contribution in [2.75, 3.05) is 12.3 Å². The maximum Gasteiger partial charge on any atom is 0.416 e. The number of unbranched alkanes of at least 4 members (excludes halogenated alkanes) is 2. The van der Waals surface area contributed by atoms with E-state index < -0.39 is 39.3 Å². The van der Waals surface area contributed by atoms with Crippen molar-refractivity contribution in [3.63, 3.8) is 0 Å². The van der Waals surface area contributed by atoms with E-state index in [9.17, 15) is 26.3 Å². The molecule has 0 radical (unpaired) electrons. The molecule has 0 unspecified atom stereocenters. The van der Waals surface area contributed by atoms with Crippen molar-refractivity contribution in [2.45, 2.75) is 50.9 Å². The van der Waals surface area contributed by atoms with Crippen LogP contribution < -0.4 is 21.2 Å². The van der Waals surface area contributed by atoms with Gasteiger partial charge in [-0.15, -0.1) is 0 Å². The summed E-state index contributed by atoms with van der Waals surface area (Å²) in [5.74, 6) is 0. The Morgan fingerprint density at radius 2 is 0.662 bits per heavy atom. The van der Waals surface area contributed by atoms with Crippen LogP contribution in [0.1, 0.15) is 48.2 Å². The summed E-state index contributed by atoms with van der Waals surface area (Å²) in [5.41, 5.74) is 4.08. The maximum absolute atomic E-state index is 13.8. The van der Waals surface area contributed by atoms with Gasteiger partial charge in [0.2, 0.25) is 0 Å². The van der Waals surface area contributed by atoms with Crippen molar-refractivity contribution >= 4 is 58.9 Å². The second kappa shape index (κ2) is 21.0. The monoisotopic (exact) mass is 948 g/mol. The molecule has 0 spiro atoms. The highest BCUT2D eigenvalue weighted by atomic mass is 31.1. The van der Waals surface area contributed by atoms with Crippen LogP contribution in [-0.2, 0) is 25.2 Å². The van der Waals surface area contributed by atoms with Crippen molar-refractivity contribution in [3.05, 3.63) is 217 Å². The van der Waals surface area contributed by atoms with Crippen molar-refractivity contribution in [2.24, 2.45) is 0 Å². The van der Waals surface area contributed by atoms with Crippen LogP contribution in [-0.4, -0.2) is 22.3 Å². The summed E-state index contributed by atoms with van der Waals surface area (Å²) in [4.78, 5) is 10.6. The molecule has 2 aromatic heterocycles. The van der Waals surface area contributed by atoms with E-state index in [-0.39, 0.29) is 0 Å². The van der Waals surface area contributed by atoms with Gasteiger partial charge in [-0.05, 0) is 147 Å². The van der Waals surface area contributed by atoms with E-state index in [0.29, 0.717) is 35.0 Å². The van der Waals surface area contributed by atoms with Gasteiger partial charge >= 0.3 is 12.4 Å². The fourth-order valence-electron chi connectivity index (χ4n) is 8.89. The third-order valence-electron chi connectivity index (χ3n) is 12.3. The molecular formula is C58H48F6N2P2. The van der Waals surface area contributed by atoms with Crippen LogP contribution >= 0.6 is 15.8 Å². The second-order valence-corrected chi connectivity index (χ2v) is 21.6. The lowest BCUT2D eigenvalue weighted by Crippen LogP contribution is -2.14. The smallest absolute Gasteiger partial charge is 0.250 e. The Morgan fingerprint density at radius 3 is 0.956 bits per heavy atom. The Kier molecular flexibility index (Phi) is 14.5. The molecule has 9 aromatic rings. The summed E-state index contributed by atoms with van der Waals surface area (Å²) in [6.07, 6.45) is -2.24. The average Bonchev–Trinajstić information content (AvgIpc) is 3.36. The van der Waals surface area contributed by atoms with Gasteiger partial charge in [0.1, 0.15) is 0 Å². The first-order valence-electron chi connectivity index (χ1n) is 22.9. The van der Waals surface area contributed by atoms with Gasteiger partial charge < -0.3 is 0 Å². The zero-order valence-corrected chi connectivity index (χ0v) is 39.0. The summed E-state index contributed by atoms with van der Waals surface area (Å²) in [7, 11) is -1.19. The molecule has 2 heterocycles. The predicted octanol–water partition coefficient (Wildman–Crippen LogP) is 15.1. The highest BCUT2D eigenvalue weighted by molar-refractivity contribution is 7.73. The number of aryl methyl sites for hydroxylation is 2. The first-order chi connectivity index (χ1) is 33.0. The van der Waals surface area contributed by atoms with Crippen LogP contribution in [0.15, 0.2) is 194 Å². The number of pyridine rings is 2. The third-order valence-corrected chi connectivity index (χ3v) is 17.5. The lowest BCUT2D eigenvalue weighted by atomic mass is 9.93. The molecule has 9 rings (SSSR count). The molecule has 0 amide bonds. The summed E-state index contributed by atoms with van der Waals surface area (Å²) >= 11 is 0. The van der Waals surface area contributed by atoms with E-state index in [4.69, 9.17) is 9.97 Å². The van der Waals surface area contributed by atoms with Crippen molar-refractivity contribution in [1.82, 2.24) is 9.97 Å². The van der Waals surface area contributed by atoms with E-state index in [2.05, 4.69) is 97.1 Å². The molecule has 0 aliphatic rings. The number of benzene rings is 7. The molecule has 0 atom stereocenters. The number of alkyl halides is 6. The molecule has 0 bridgehead atoms. The fourth-order valence-corrected chi connectivity index (χ4v) is 13.7. The number of halogens is 6. The van der Waals surface area contributed by atoms with Gasteiger partial charge in [-0.2, -0.15) is 26.3 Å². The van der Waals surface area contributed by atoms with E-state index in [0.717, 1.165) is 95.6 Å². The minimum atomic E-state index is -4.49. The summed E-state index contributed by atoms with van der Waals surface area (Å²) < 4.78 is 82.7. The number of hydrogen-bond donors (Lipinski definition) is 0. The van der Waals surface area contributed by atoms with Crippen LogP contribution in [0.25, 0.3) is 44.1 Å². The van der Waals surface area contributed by atoms with Crippen molar-refractivity contribution < 1.29 is 26.3 Å². The molecular weight excluding hydrogens is 901 g/mol. The number of aromatic nitrogens is 2. The third kappa shape index (κ3) is 11.0. The fraction of sp³-hybridized carbons (Fsp3) is 0.172. The van der Waals surface area contributed by atoms with Crippen molar-refractivity contribution in [1.29, 1.82) is 0 Å². The average molecular weight is 949 g/mol. The number of rotatable bonds is 16. The Balaban J connectivity index is 1.09. The normalized spacial score (nSPS) is 12.1. The zero-order chi connectivity index (χ0) is 47.1. The van der Waals surface area contributed by atoms with Gasteiger partial charge in [-0.1, -0.05) is 158 Å². The van der Waals surface area contributed by atoms with Crippen LogP contribution in [0.5, 0.6) is 0 Å². The molecule has 0 saturated carbocycles. The molecule has 0 N–H and O–H groups in total. The molecule has 7 aromatic carbocycles. The van der Waals surface area contributed by atoms with Gasteiger partial charge in [0.25, 0.3) is 0 Å². The maximum atomic E-state index is 13.8. The van der Waals surface area contributed by atoms with E-state index in [1.165, 1.54) is 45.5 Å². The Morgan fingerprint density at radius 1 is 0.353 bits per heavy atom. The van der Waals surface area contributed by atoms with Crippen molar-refractivity contribution in [3.8, 4) is 22.3 Å². The summed E-state index contributed by atoms with van der Waals surface area (Å²) in [6, 6.07) is 60.6. The van der Waals surface area contributed by atoms with E-state index >= 15 is 0 Å². The summed E-state index contributed by atoms with van der Waals surface area (Å²) in [6.45, 7) is 0. The Bertz CT molecular complexity index is 2780. The highest BCUT2D eigenvalue weighted by Gasteiger charge is 2.31. The highest BCUT2D eigenvalue weighted by Crippen LogP contribution is 2.41. The zero-order valence-electron chi connectivity index (χ0n) is 37.2. The SMILES string of the molecule is FC(F)(F)c1ccc(-c2cc(CCCCP(c3ccccc3)c3ccccc3)nc3c2ccc2c(-c4ccc(C(F)(F)F)cc4)cc(CCCCP(c4ccccc4)c4ccccc4)nc23)cc1. The molecule has 10 heteroatoms. The van der Waals surface area contributed by atoms with Gasteiger partial charge in [-0.3, -0.25) is 9.97 Å². The Labute approximate surface area is 395 Å². The van der Waals surface area contributed by atoms with Gasteiger partial charge in [0.05, 0.1) is 22.2 Å². The van der Waals surface area contributed by atoms with Crippen LogP contribution in [0, 0.1) is 0 Å². The predicted molar refractivity (Wildman–Crippen MR) is 272 cm³/mol. The van der Waals surface area contributed by atoms with Gasteiger partial charge in [0, 0.05) is 22.2 Å². The summed E-state index contributed by atoms with van der Waals surface area (Å²) in [5, 5.41) is 6.72. The van der Waals surface area contributed by atoms with Crippen LogP contribution in [0.4, 0.5) is 26.3 Å². The molecule has 342 valence electrons. The lowest BCUT2D eigenvalue weighted by molar-refractivity contribution is -0.138. The molecule has 0 aliphatic carbocycles. The molecule has 0 fully saturated rings. The topological polar surface area (TPSA) is 25.8 Å². The van der Waals surface area contributed by atoms with Gasteiger partial charge in [-0.25, -0.2) is 0 Å². The minimum Gasteiger partial charge on any atom is -0.250 e. The Hall–Kier alpha value is -6.20. The molecule has 0 aliphatic heterocycles.